The molecule has 1 saturated carbocycles. The second-order valence-electron chi connectivity index (χ2n) is 7.58. The summed E-state index contributed by atoms with van der Waals surface area (Å²) in [6.07, 6.45) is 6.92. The fourth-order valence-electron chi connectivity index (χ4n) is 4.07. The lowest BCUT2D eigenvalue weighted by atomic mass is 9.84. The van der Waals surface area contributed by atoms with E-state index >= 15 is 0 Å². The normalized spacial score (nSPS) is 33.1. The third kappa shape index (κ3) is 4.19. The maximum atomic E-state index is 5.76. The number of ether oxygens (including phenoxy) is 1. The van der Waals surface area contributed by atoms with Crippen LogP contribution >= 0.6 is 0 Å². The molecule has 3 nitrogen and oxygen atoms in total. The molecule has 2 fully saturated rings. The van der Waals surface area contributed by atoms with Crippen molar-refractivity contribution in [2.45, 2.75) is 65.0 Å². The number of hydrogen-bond acceptors (Lipinski definition) is 3. The maximum absolute atomic E-state index is 5.76. The van der Waals surface area contributed by atoms with Crippen molar-refractivity contribution in [2.75, 3.05) is 33.3 Å². The zero-order valence-electron chi connectivity index (χ0n) is 14.0. The molecule has 2 rings (SSSR count). The summed E-state index contributed by atoms with van der Waals surface area (Å²) in [5, 5.41) is 3.81. The van der Waals surface area contributed by atoms with E-state index in [0.29, 0.717) is 17.6 Å². The van der Waals surface area contributed by atoms with E-state index in [1.807, 2.05) is 0 Å². The fraction of sp³-hybridized carbons (Fsp3) is 1.00. The Hall–Kier alpha value is -0.120. The molecule has 0 amide bonds. The first-order valence-electron chi connectivity index (χ1n) is 8.56. The highest BCUT2D eigenvalue weighted by atomic mass is 16.5. The largest absolute Gasteiger partial charge is 0.377 e. The highest BCUT2D eigenvalue weighted by molar-refractivity contribution is 4.97. The first-order valence-corrected chi connectivity index (χ1v) is 8.56. The van der Waals surface area contributed by atoms with E-state index in [0.717, 1.165) is 25.6 Å². The Kier molecular flexibility index (Phi) is 5.88. The zero-order valence-corrected chi connectivity index (χ0v) is 14.0. The van der Waals surface area contributed by atoms with Crippen molar-refractivity contribution in [1.29, 1.82) is 0 Å². The standard InChI is InChI=1S/C17H34N2O/c1-5-10-18-16-14(8-9-17(16,2)3)12-19(4)13-15-7-6-11-20-15/h14-16,18H,5-13H2,1-4H3. The SMILES string of the molecule is CCCNC1C(CN(C)CC2CCCO2)CCC1(C)C. The van der Waals surface area contributed by atoms with Crippen LogP contribution in [0.3, 0.4) is 0 Å². The average molecular weight is 282 g/mol. The quantitative estimate of drug-likeness (QED) is 0.777. The molecule has 1 heterocycles. The molecular weight excluding hydrogens is 248 g/mol. The molecule has 1 aliphatic carbocycles. The van der Waals surface area contributed by atoms with Gasteiger partial charge in [-0.25, -0.2) is 0 Å². The smallest absolute Gasteiger partial charge is 0.0702 e. The molecule has 1 aliphatic heterocycles. The zero-order chi connectivity index (χ0) is 14.6. The first kappa shape index (κ1) is 16.3. The van der Waals surface area contributed by atoms with Gasteiger partial charge < -0.3 is 15.0 Å². The molecule has 1 N–H and O–H groups in total. The average Bonchev–Trinajstić information content (AvgIpc) is 2.97. The molecule has 0 bridgehead atoms. The summed E-state index contributed by atoms with van der Waals surface area (Å²) in [6.45, 7) is 11.6. The number of likely N-dealkylation sites (N-methyl/N-ethyl adjacent to an activating group) is 1. The van der Waals surface area contributed by atoms with E-state index < -0.39 is 0 Å². The predicted octanol–water partition coefficient (Wildman–Crippen LogP) is 2.90. The Morgan fingerprint density at radius 1 is 1.25 bits per heavy atom. The molecular formula is C17H34N2O. The summed E-state index contributed by atoms with van der Waals surface area (Å²) in [7, 11) is 2.27. The van der Waals surface area contributed by atoms with Gasteiger partial charge in [-0.2, -0.15) is 0 Å². The van der Waals surface area contributed by atoms with Crippen molar-refractivity contribution in [2.24, 2.45) is 11.3 Å². The molecule has 2 aliphatic rings. The van der Waals surface area contributed by atoms with Crippen LogP contribution in [0.15, 0.2) is 0 Å². The highest BCUT2D eigenvalue weighted by Crippen LogP contribution is 2.41. The second-order valence-corrected chi connectivity index (χ2v) is 7.58. The summed E-state index contributed by atoms with van der Waals surface area (Å²) in [5.41, 5.74) is 0.449. The molecule has 3 atom stereocenters. The summed E-state index contributed by atoms with van der Waals surface area (Å²) in [6, 6.07) is 0.675. The molecule has 0 aromatic carbocycles. The number of hydrogen-bond donors (Lipinski definition) is 1. The first-order chi connectivity index (χ1) is 9.53. The Morgan fingerprint density at radius 2 is 2.05 bits per heavy atom. The monoisotopic (exact) mass is 282 g/mol. The van der Waals surface area contributed by atoms with Gasteiger partial charge in [-0.15, -0.1) is 0 Å². The van der Waals surface area contributed by atoms with Gasteiger partial charge in [0.05, 0.1) is 6.10 Å². The van der Waals surface area contributed by atoms with Crippen molar-refractivity contribution in [3.8, 4) is 0 Å². The third-order valence-corrected chi connectivity index (χ3v) is 5.17. The Bertz CT molecular complexity index is 287. The van der Waals surface area contributed by atoms with Crippen LogP contribution in [0, 0.1) is 11.3 Å². The third-order valence-electron chi connectivity index (χ3n) is 5.17. The minimum Gasteiger partial charge on any atom is -0.377 e. The molecule has 20 heavy (non-hydrogen) atoms. The van der Waals surface area contributed by atoms with E-state index in [1.54, 1.807) is 0 Å². The second kappa shape index (κ2) is 7.24. The highest BCUT2D eigenvalue weighted by Gasteiger charge is 2.41. The van der Waals surface area contributed by atoms with Crippen LogP contribution in [0.5, 0.6) is 0 Å². The Labute approximate surface area is 125 Å². The molecule has 118 valence electrons. The van der Waals surface area contributed by atoms with E-state index in [1.165, 1.54) is 38.6 Å². The fourth-order valence-corrected chi connectivity index (χ4v) is 4.07. The summed E-state index contributed by atoms with van der Waals surface area (Å²) < 4.78 is 5.76. The van der Waals surface area contributed by atoms with Crippen molar-refractivity contribution >= 4 is 0 Å². The van der Waals surface area contributed by atoms with Crippen LogP contribution in [-0.4, -0.2) is 50.3 Å². The summed E-state index contributed by atoms with van der Waals surface area (Å²) in [4.78, 5) is 2.50. The van der Waals surface area contributed by atoms with E-state index in [4.69, 9.17) is 4.74 Å². The van der Waals surface area contributed by atoms with Crippen molar-refractivity contribution < 1.29 is 4.74 Å². The van der Waals surface area contributed by atoms with Gasteiger partial charge in [0.15, 0.2) is 0 Å². The Morgan fingerprint density at radius 3 is 2.70 bits per heavy atom. The van der Waals surface area contributed by atoms with Crippen LogP contribution in [-0.2, 0) is 4.74 Å². The van der Waals surface area contributed by atoms with Gasteiger partial charge in [-0.05, 0) is 57.0 Å². The minimum atomic E-state index is 0.449. The molecule has 0 aromatic heterocycles. The van der Waals surface area contributed by atoms with Gasteiger partial charge in [-0.3, -0.25) is 0 Å². The molecule has 3 heteroatoms. The van der Waals surface area contributed by atoms with Crippen molar-refractivity contribution in [3.63, 3.8) is 0 Å². The number of rotatable bonds is 7. The van der Waals surface area contributed by atoms with Crippen LogP contribution in [0.4, 0.5) is 0 Å². The molecule has 0 aromatic rings. The van der Waals surface area contributed by atoms with Crippen LogP contribution in [0.2, 0.25) is 0 Å². The lowest BCUT2D eigenvalue weighted by Gasteiger charge is -2.34. The van der Waals surface area contributed by atoms with Crippen LogP contribution in [0.1, 0.15) is 52.9 Å². The van der Waals surface area contributed by atoms with Gasteiger partial charge >= 0.3 is 0 Å². The van der Waals surface area contributed by atoms with Crippen LogP contribution in [0.25, 0.3) is 0 Å². The van der Waals surface area contributed by atoms with E-state index in [-0.39, 0.29) is 0 Å². The van der Waals surface area contributed by atoms with Crippen molar-refractivity contribution in [3.05, 3.63) is 0 Å². The van der Waals surface area contributed by atoms with Gasteiger partial charge in [0.1, 0.15) is 0 Å². The van der Waals surface area contributed by atoms with Crippen LogP contribution < -0.4 is 5.32 Å². The summed E-state index contributed by atoms with van der Waals surface area (Å²) in [5.74, 6) is 0.794. The van der Waals surface area contributed by atoms with Gasteiger partial charge in [0.25, 0.3) is 0 Å². The number of nitrogens with one attached hydrogen (secondary N) is 1. The molecule has 0 spiro atoms. The van der Waals surface area contributed by atoms with Gasteiger partial charge in [0, 0.05) is 25.7 Å². The van der Waals surface area contributed by atoms with E-state index in [9.17, 15) is 0 Å². The lowest BCUT2D eigenvalue weighted by Crippen LogP contribution is -2.46. The Balaban J connectivity index is 1.83. The van der Waals surface area contributed by atoms with E-state index in [2.05, 4.69) is 38.0 Å². The predicted molar refractivity (Wildman–Crippen MR) is 85.1 cm³/mol. The maximum Gasteiger partial charge on any atom is 0.0702 e. The molecule has 0 radical (unpaired) electrons. The van der Waals surface area contributed by atoms with Gasteiger partial charge in [-0.1, -0.05) is 20.8 Å². The van der Waals surface area contributed by atoms with Gasteiger partial charge in [0.2, 0.25) is 0 Å². The summed E-state index contributed by atoms with van der Waals surface area (Å²) >= 11 is 0. The lowest BCUT2D eigenvalue weighted by molar-refractivity contribution is 0.0739. The minimum absolute atomic E-state index is 0.449. The topological polar surface area (TPSA) is 24.5 Å². The molecule has 3 unspecified atom stereocenters. The molecule has 1 saturated heterocycles. The number of nitrogens with zero attached hydrogens (tertiary/aromatic N) is 1. The van der Waals surface area contributed by atoms with Crippen molar-refractivity contribution in [1.82, 2.24) is 10.2 Å².